The van der Waals surface area contributed by atoms with Crippen LogP contribution in [0.2, 0.25) is 0 Å². The van der Waals surface area contributed by atoms with Crippen LogP contribution in [0.4, 0.5) is 14.5 Å². The molecule has 1 N–H and O–H groups in total. The highest BCUT2D eigenvalue weighted by Gasteiger charge is 2.12. The predicted octanol–water partition coefficient (Wildman–Crippen LogP) is 4.98. The van der Waals surface area contributed by atoms with Crippen LogP contribution in [-0.2, 0) is 10.5 Å². The molecule has 2 rings (SSSR count). The lowest BCUT2D eigenvalue weighted by Crippen LogP contribution is -2.05. The molecule has 0 aliphatic carbocycles. The van der Waals surface area contributed by atoms with Crippen molar-refractivity contribution in [2.45, 2.75) is 17.6 Å². The molecule has 21 heavy (non-hydrogen) atoms. The van der Waals surface area contributed by atoms with Crippen molar-refractivity contribution in [3.05, 3.63) is 58.1 Å². The van der Waals surface area contributed by atoms with E-state index in [-0.39, 0.29) is 21.7 Å². The Bertz CT molecular complexity index is 661. The summed E-state index contributed by atoms with van der Waals surface area (Å²) in [4.78, 5) is 11.8. The van der Waals surface area contributed by atoms with Gasteiger partial charge in [-0.15, -0.1) is 11.8 Å². The molecule has 1 amide bonds. The summed E-state index contributed by atoms with van der Waals surface area (Å²) in [5, 5.41) is 2.66. The number of rotatable bonds is 4. The average Bonchev–Trinajstić information content (AvgIpc) is 2.44. The number of hydrogen-bond donors (Lipinski definition) is 1. The van der Waals surface area contributed by atoms with Gasteiger partial charge in [0.1, 0.15) is 11.6 Å². The highest BCUT2D eigenvalue weighted by molar-refractivity contribution is 9.10. The Kier molecular flexibility index (Phi) is 5.36. The van der Waals surface area contributed by atoms with Crippen molar-refractivity contribution < 1.29 is 13.6 Å². The Morgan fingerprint density at radius 1 is 1.19 bits per heavy atom. The van der Waals surface area contributed by atoms with E-state index >= 15 is 0 Å². The van der Waals surface area contributed by atoms with Gasteiger partial charge < -0.3 is 5.32 Å². The molecule has 0 spiro atoms. The van der Waals surface area contributed by atoms with Gasteiger partial charge in [0.15, 0.2) is 0 Å². The summed E-state index contributed by atoms with van der Waals surface area (Å²) in [7, 11) is 0. The maximum Gasteiger partial charge on any atom is 0.221 e. The van der Waals surface area contributed by atoms with Crippen LogP contribution in [0.5, 0.6) is 0 Å². The molecular weight excluding hydrogens is 360 g/mol. The Hall–Kier alpha value is -1.40. The third-order valence-corrected chi connectivity index (χ3v) is 4.35. The number of halogens is 3. The number of carbonyl (C=O) groups excluding carboxylic acids is 1. The van der Waals surface area contributed by atoms with Crippen molar-refractivity contribution in [2.75, 3.05) is 5.32 Å². The summed E-state index contributed by atoms with van der Waals surface area (Å²) < 4.78 is 27.7. The minimum absolute atomic E-state index is 0.0420. The van der Waals surface area contributed by atoms with Crippen LogP contribution in [-0.4, -0.2) is 5.91 Å². The summed E-state index contributed by atoms with van der Waals surface area (Å²) in [5.74, 6) is -1.08. The van der Waals surface area contributed by atoms with Gasteiger partial charge in [-0.05, 0) is 52.3 Å². The van der Waals surface area contributed by atoms with E-state index in [1.165, 1.54) is 30.8 Å². The van der Waals surface area contributed by atoms with Gasteiger partial charge in [0.05, 0.1) is 4.47 Å². The fourth-order valence-corrected chi connectivity index (χ4v) is 2.97. The number of nitrogens with one attached hydrogen (secondary N) is 1. The summed E-state index contributed by atoms with van der Waals surface area (Å²) in [6.45, 7) is 1.43. The monoisotopic (exact) mass is 371 g/mol. The van der Waals surface area contributed by atoms with Crippen LogP contribution in [0, 0.1) is 11.6 Å². The van der Waals surface area contributed by atoms with E-state index < -0.39 is 11.6 Å². The molecule has 0 saturated carbocycles. The fraction of sp³-hybridized carbons (Fsp3) is 0.133. The lowest BCUT2D eigenvalue weighted by atomic mass is 10.2. The van der Waals surface area contributed by atoms with Crippen molar-refractivity contribution in [1.29, 1.82) is 0 Å². The van der Waals surface area contributed by atoms with Crippen molar-refractivity contribution in [3.8, 4) is 0 Å². The van der Waals surface area contributed by atoms with E-state index in [2.05, 4.69) is 21.2 Å². The van der Waals surface area contributed by atoms with Gasteiger partial charge >= 0.3 is 0 Å². The minimum atomic E-state index is -0.572. The summed E-state index contributed by atoms with van der Waals surface area (Å²) in [5.41, 5.74) is 0.729. The second-order valence-electron chi connectivity index (χ2n) is 4.32. The molecule has 2 aromatic rings. The van der Waals surface area contributed by atoms with Crippen LogP contribution in [0.15, 0.2) is 45.8 Å². The smallest absolute Gasteiger partial charge is 0.221 e. The molecule has 0 heterocycles. The van der Waals surface area contributed by atoms with Gasteiger partial charge in [-0.3, -0.25) is 4.79 Å². The lowest BCUT2D eigenvalue weighted by Gasteiger charge is -2.07. The molecule has 2 aromatic carbocycles. The second-order valence-corrected chi connectivity index (χ2v) is 6.22. The van der Waals surface area contributed by atoms with Crippen molar-refractivity contribution >= 4 is 39.3 Å². The Balaban J connectivity index is 2.07. The molecule has 0 radical (unpaired) electrons. The number of anilines is 1. The van der Waals surface area contributed by atoms with Gasteiger partial charge in [-0.2, -0.15) is 0 Å². The molecule has 0 unspecified atom stereocenters. The van der Waals surface area contributed by atoms with E-state index in [1.54, 1.807) is 24.3 Å². The molecule has 0 bridgehead atoms. The Morgan fingerprint density at radius 3 is 2.48 bits per heavy atom. The quantitative estimate of drug-likeness (QED) is 0.606. The zero-order chi connectivity index (χ0) is 15.4. The molecule has 110 valence electrons. The third kappa shape index (κ3) is 4.28. The van der Waals surface area contributed by atoms with Crippen LogP contribution < -0.4 is 5.32 Å². The first-order chi connectivity index (χ1) is 9.97. The van der Waals surface area contributed by atoms with Gasteiger partial charge in [0, 0.05) is 28.8 Å². The Morgan fingerprint density at radius 2 is 1.86 bits per heavy atom. The molecule has 0 aromatic heterocycles. The minimum Gasteiger partial charge on any atom is -0.326 e. The van der Waals surface area contributed by atoms with E-state index in [9.17, 15) is 13.6 Å². The van der Waals surface area contributed by atoms with Crippen molar-refractivity contribution in [1.82, 2.24) is 0 Å². The first-order valence-electron chi connectivity index (χ1n) is 6.10. The maximum atomic E-state index is 13.8. The zero-order valence-corrected chi connectivity index (χ0v) is 13.5. The van der Waals surface area contributed by atoms with Crippen molar-refractivity contribution in [3.63, 3.8) is 0 Å². The van der Waals surface area contributed by atoms with Crippen molar-refractivity contribution in [2.24, 2.45) is 0 Å². The molecule has 0 atom stereocenters. The van der Waals surface area contributed by atoms with E-state index in [4.69, 9.17) is 0 Å². The molecule has 0 saturated heterocycles. The number of amides is 1. The normalized spacial score (nSPS) is 10.5. The molecular formula is C15H12BrF2NOS. The topological polar surface area (TPSA) is 29.1 Å². The average molecular weight is 372 g/mol. The molecule has 2 nitrogen and oxygen atoms in total. The predicted molar refractivity (Wildman–Crippen MR) is 84.4 cm³/mol. The van der Waals surface area contributed by atoms with Gasteiger partial charge in [0.25, 0.3) is 0 Å². The fourth-order valence-electron chi connectivity index (χ4n) is 1.69. The van der Waals surface area contributed by atoms with Crippen LogP contribution >= 0.6 is 27.7 Å². The van der Waals surface area contributed by atoms with Crippen LogP contribution in [0.1, 0.15) is 12.5 Å². The lowest BCUT2D eigenvalue weighted by molar-refractivity contribution is -0.114. The van der Waals surface area contributed by atoms with Gasteiger partial charge in [-0.1, -0.05) is 0 Å². The highest BCUT2D eigenvalue weighted by Crippen LogP contribution is 2.29. The van der Waals surface area contributed by atoms with E-state index in [0.717, 1.165) is 4.90 Å². The van der Waals surface area contributed by atoms with Crippen LogP contribution in [0.3, 0.4) is 0 Å². The highest BCUT2D eigenvalue weighted by atomic mass is 79.9. The maximum absolute atomic E-state index is 13.8. The molecule has 6 heteroatoms. The summed E-state index contributed by atoms with van der Waals surface area (Å²) in [6, 6.07) is 9.67. The standard InChI is InChI=1S/C15H12BrF2NOS/c1-9(20)19-10-2-4-11(5-3-10)21-8-12-14(17)7-6-13(16)15(12)18/h2-7H,8H2,1H3,(H,19,20). The third-order valence-electron chi connectivity index (χ3n) is 2.70. The second kappa shape index (κ2) is 7.04. The SMILES string of the molecule is CC(=O)Nc1ccc(SCc2c(F)ccc(Br)c2F)cc1. The number of benzene rings is 2. The molecule has 0 aliphatic heterocycles. The summed E-state index contributed by atoms with van der Waals surface area (Å²) in [6.07, 6.45) is 0. The first kappa shape index (κ1) is 16.0. The number of carbonyl (C=O) groups is 1. The number of thioether (sulfide) groups is 1. The summed E-state index contributed by atoms with van der Waals surface area (Å²) >= 11 is 4.37. The first-order valence-corrected chi connectivity index (χ1v) is 7.88. The van der Waals surface area contributed by atoms with Crippen LogP contribution in [0.25, 0.3) is 0 Å². The number of hydrogen-bond acceptors (Lipinski definition) is 2. The zero-order valence-electron chi connectivity index (χ0n) is 11.1. The van der Waals surface area contributed by atoms with Gasteiger partial charge in [-0.25, -0.2) is 8.78 Å². The molecule has 0 aliphatic rings. The Labute approximate surface area is 134 Å². The largest absolute Gasteiger partial charge is 0.326 e. The van der Waals surface area contributed by atoms with E-state index in [0.29, 0.717) is 5.69 Å². The van der Waals surface area contributed by atoms with E-state index in [1.807, 2.05) is 0 Å². The molecule has 0 fully saturated rings. The van der Waals surface area contributed by atoms with Gasteiger partial charge in [0.2, 0.25) is 5.91 Å².